The summed E-state index contributed by atoms with van der Waals surface area (Å²) in [5, 5.41) is 13.6. The van der Waals surface area contributed by atoms with Gasteiger partial charge in [0.15, 0.2) is 5.82 Å². The molecular formula is C13H11BrN4S. The van der Waals surface area contributed by atoms with Gasteiger partial charge < -0.3 is 0 Å². The van der Waals surface area contributed by atoms with E-state index in [1.807, 2.05) is 24.3 Å². The number of rotatable bonds is 5. The second kappa shape index (κ2) is 6.55. The normalized spacial score (nSPS) is 10.1. The zero-order valence-electron chi connectivity index (χ0n) is 10.1. The summed E-state index contributed by atoms with van der Waals surface area (Å²) in [6.45, 7) is 4.31. The average molecular weight is 335 g/mol. The van der Waals surface area contributed by atoms with Crippen LogP contribution < -0.4 is 0 Å². The molecule has 0 saturated carbocycles. The largest absolute Gasteiger partial charge is 0.241 e. The van der Waals surface area contributed by atoms with Gasteiger partial charge in [0.05, 0.1) is 18.4 Å². The zero-order valence-corrected chi connectivity index (χ0v) is 12.5. The first-order valence-electron chi connectivity index (χ1n) is 5.56. The van der Waals surface area contributed by atoms with Crippen molar-refractivity contribution in [2.45, 2.75) is 11.7 Å². The summed E-state index contributed by atoms with van der Waals surface area (Å²) in [5.41, 5.74) is 0.987. The Morgan fingerprint density at radius 2 is 2.16 bits per heavy atom. The molecule has 4 nitrogen and oxygen atoms in total. The summed E-state index contributed by atoms with van der Waals surface area (Å²) in [4.78, 5) is 4.47. The van der Waals surface area contributed by atoms with Crippen molar-refractivity contribution in [1.82, 2.24) is 14.8 Å². The van der Waals surface area contributed by atoms with E-state index in [1.54, 1.807) is 10.8 Å². The Morgan fingerprint density at radius 3 is 2.79 bits per heavy atom. The molecule has 0 bridgehead atoms. The SMILES string of the molecule is C=CCn1nc(SCC#N)nc1-c1ccc(Br)cc1. The highest BCUT2D eigenvalue weighted by Gasteiger charge is 2.11. The van der Waals surface area contributed by atoms with E-state index in [0.717, 1.165) is 15.9 Å². The molecule has 0 saturated heterocycles. The Hall–Kier alpha value is -1.58. The fourth-order valence-electron chi connectivity index (χ4n) is 1.54. The number of benzene rings is 1. The van der Waals surface area contributed by atoms with Crippen LogP contribution >= 0.6 is 27.7 Å². The maximum absolute atomic E-state index is 8.60. The van der Waals surface area contributed by atoms with Crippen LogP contribution in [0.5, 0.6) is 0 Å². The van der Waals surface area contributed by atoms with Gasteiger partial charge in [-0.25, -0.2) is 9.67 Å². The number of halogens is 1. The van der Waals surface area contributed by atoms with Gasteiger partial charge in [-0.15, -0.1) is 11.7 Å². The third kappa shape index (κ3) is 3.46. The average Bonchev–Trinajstić information content (AvgIpc) is 2.81. The second-order valence-corrected chi connectivity index (χ2v) is 5.50. The van der Waals surface area contributed by atoms with Crippen LogP contribution in [-0.2, 0) is 6.54 Å². The van der Waals surface area contributed by atoms with Crippen molar-refractivity contribution in [2.75, 3.05) is 5.75 Å². The summed E-state index contributed by atoms with van der Waals surface area (Å²) in [5.74, 6) is 1.13. The van der Waals surface area contributed by atoms with Gasteiger partial charge >= 0.3 is 0 Å². The molecule has 1 aromatic carbocycles. The molecule has 2 aromatic rings. The summed E-state index contributed by atoms with van der Waals surface area (Å²) < 4.78 is 2.81. The Labute approximate surface area is 124 Å². The summed E-state index contributed by atoms with van der Waals surface area (Å²) >= 11 is 4.74. The van der Waals surface area contributed by atoms with Crippen molar-refractivity contribution >= 4 is 27.7 Å². The minimum absolute atomic E-state index is 0.345. The van der Waals surface area contributed by atoms with Crippen LogP contribution in [0.2, 0.25) is 0 Å². The molecule has 1 heterocycles. The predicted molar refractivity (Wildman–Crippen MR) is 79.7 cm³/mol. The lowest BCUT2D eigenvalue weighted by Gasteiger charge is -2.02. The summed E-state index contributed by atoms with van der Waals surface area (Å²) in [7, 11) is 0. The van der Waals surface area contributed by atoms with Crippen LogP contribution in [0.4, 0.5) is 0 Å². The molecule has 0 aliphatic rings. The molecule has 19 heavy (non-hydrogen) atoms. The fourth-order valence-corrected chi connectivity index (χ4v) is 2.31. The molecule has 6 heteroatoms. The van der Waals surface area contributed by atoms with Gasteiger partial charge in [0.2, 0.25) is 5.16 Å². The molecule has 0 aliphatic heterocycles. The van der Waals surface area contributed by atoms with Crippen molar-refractivity contribution < 1.29 is 0 Å². The van der Waals surface area contributed by atoms with E-state index in [4.69, 9.17) is 5.26 Å². The minimum atomic E-state index is 0.345. The smallest absolute Gasteiger partial charge is 0.210 e. The van der Waals surface area contributed by atoms with Gasteiger partial charge in [0, 0.05) is 10.0 Å². The third-order valence-corrected chi connectivity index (χ3v) is 3.56. The van der Waals surface area contributed by atoms with Gasteiger partial charge in [0.1, 0.15) is 0 Å². The Bertz CT molecular complexity index is 613. The molecule has 0 fully saturated rings. The van der Waals surface area contributed by atoms with E-state index in [9.17, 15) is 0 Å². The molecule has 0 radical (unpaired) electrons. The van der Waals surface area contributed by atoms with Crippen LogP contribution in [0.25, 0.3) is 11.4 Å². The van der Waals surface area contributed by atoms with Gasteiger partial charge in [-0.3, -0.25) is 0 Å². The Balaban J connectivity index is 2.36. The number of thioether (sulfide) groups is 1. The molecule has 0 amide bonds. The highest BCUT2D eigenvalue weighted by molar-refractivity contribution is 9.10. The van der Waals surface area contributed by atoms with Crippen molar-refractivity contribution in [3.8, 4) is 17.5 Å². The molecular weight excluding hydrogens is 324 g/mol. The third-order valence-electron chi connectivity index (χ3n) is 2.32. The molecule has 0 N–H and O–H groups in total. The van der Waals surface area contributed by atoms with Gasteiger partial charge in [0.25, 0.3) is 0 Å². The predicted octanol–water partition coefficient (Wildman–Crippen LogP) is 3.51. The van der Waals surface area contributed by atoms with E-state index in [1.165, 1.54) is 11.8 Å². The number of aromatic nitrogens is 3. The highest BCUT2D eigenvalue weighted by Crippen LogP contribution is 2.23. The lowest BCUT2D eigenvalue weighted by molar-refractivity contribution is 0.687. The molecule has 2 rings (SSSR count). The van der Waals surface area contributed by atoms with Crippen LogP contribution in [-0.4, -0.2) is 20.5 Å². The maximum atomic E-state index is 8.60. The summed E-state index contributed by atoms with van der Waals surface area (Å²) in [6, 6.07) is 9.95. The lowest BCUT2D eigenvalue weighted by Crippen LogP contribution is -2.00. The van der Waals surface area contributed by atoms with Gasteiger partial charge in [-0.2, -0.15) is 5.26 Å². The molecule has 1 aromatic heterocycles. The molecule has 0 atom stereocenters. The number of hydrogen-bond donors (Lipinski definition) is 0. The van der Waals surface area contributed by atoms with Crippen LogP contribution in [0.3, 0.4) is 0 Å². The standard InChI is InChI=1S/C13H11BrN4S/c1-2-8-18-12(10-3-5-11(14)6-4-10)16-13(17-18)19-9-7-15/h2-6H,1,8-9H2. The molecule has 96 valence electrons. The first kappa shape index (κ1) is 13.8. The molecule has 0 aliphatic carbocycles. The van der Waals surface area contributed by atoms with Gasteiger partial charge in [-0.05, 0) is 12.1 Å². The first-order valence-corrected chi connectivity index (χ1v) is 7.34. The monoisotopic (exact) mass is 334 g/mol. The minimum Gasteiger partial charge on any atom is -0.241 e. The number of hydrogen-bond acceptors (Lipinski definition) is 4. The van der Waals surface area contributed by atoms with Crippen molar-refractivity contribution in [3.05, 3.63) is 41.4 Å². The van der Waals surface area contributed by atoms with Gasteiger partial charge in [-0.1, -0.05) is 45.9 Å². The van der Waals surface area contributed by atoms with E-state index >= 15 is 0 Å². The molecule has 0 unspecified atom stereocenters. The topological polar surface area (TPSA) is 54.5 Å². The van der Waals surface area contributed by atoms with Crippen molar-refractivity contribution in [1.29, 1.82) is 5.26 Å². The van der Waals surface area contributed by atoms with Crippen molar-refractivity contribution in [3.63, 3.8) is 0 Å². The van der Waals surface area contributed by atoms with E-state index in [2.05, 4.69) is 38.7 Å². The van der Waals surface area contributed by atoms with Crippen LogP contribution in [0.15, 0.2) is 46.5 Å². The first-order chi connectivity index (χ1) is 9.24. The lowest BCUT2D eigenvalue weighted by atomic mass is 10.2. The Kier molecular flexibility index (Phi) is 4.77. The van der Waals surface area contributed by atoms with E-state index in [-0.39, 0.29) is 0 Å². The highest BCUT2D eigenvalue weighted by atomic mass is 79.9. The quantitative estimate of drug-likeness (QED) is 0.620. The Morgan fingerprint density at radius 1 is 1.42 bits per heavy atom. The van der Waals surface area contributed by atoms with Crippen molar-refractivity contribution in [2.24, 2.45) is 0 Å². The number of nitrogens with zero attached hydrogens (tertiary/aromatic N) is 4. The second-order valence-electron chi connectivity index (χ2n) is 3.64. The van der Waals surface area contributed by atoms with Crippen LogP contribution in [0.1, 0.15) is 0 Å². The van der Waals surface area contributed by atoms with E-state index in [0.29, 0.717) is 17.5 Å². The zero-order chi connectivity index (χ0) is 13.7. The summed E-state index contributed by atoms with van der Waals surface area (Å²) in [6.07, 6.45) is 1.77. The number of allylic oxidation sites excluding steroid dienone is 1. The maximum Gasteiger partial charge on any atom is 0.210 e. The van der Waals surface area contributed by atoms with E-state index < -0.39 is 0 Å². The molecule has 0 spiro atoms. The fraction of sp³-hybridized carbons (Fsp3) is 0.154. The van der Waals surface area contributed by atoms with Crippen LogP contribution in [0, 0.1) is 11.3 Å². The number of nitriles is 1.